The zero-order valence-electron chi connectivity index (χ0n) is 18.5. The predicted molar refractivity (Wildman–Crippen MR) is 139 cm³/mol. The Morgan fingerprint density at radius 2 is 1.89 bits per heavy atom. The lowest BCUT2D eigenvalue weighted by Crippen LogP contribution is -2.36. The Kier molecular flexibility index (Phi) is 5.91. The SMILES string of the molecule is O=C(Nc1cccc(-c2nc(N3CCOCC3)c3sc(-c4cccnc4)cc3n2)c1)c1cncs1. The fraction of sp³-hybridized carbons (Fsp3) is 0.160. The summed E-state index contributed by atoms with van der Waals surface area (Å²) in [7, 11) is 0. The number of thiazole rings is 1. The first-order valence-electron chi connectivity index (χ1n) is 11.1. The van der Waals surface area contributed by atoms with Crippen LogP contribution in [0.15, 0.2) is 66.6 Å². The summed E-state index contributed by atoms with van der Waals surface area (Å²) in [4.78, 5) is 34.6. The van der Waals surface area contributed by atoms with Crippen LogP contribution in [0.3, 0.4) is 0 Å². The summed E-state index contributed by atoms with van der Waals surface area (Å²) in [5.74, 6) is 1.34. The number of nitrogens with one attached hydrogen (secondary N) is 1. The van der Waals surface area contributed by atoms with E-state index in [1.807, 2.05) is 36.5 Å². The molecule has 1 fully saturated rings. The second-order valence-corrected chi connectivity index (χ2v) is 9.88. The highest BCUT2D eigenvalue weighted by Gasteiger charge is 2.21. The fourth-order valence-corrected chi connectivity index (χ4v) is 5.56. The largest absolute Gasteiger partial charge is 0.378 e. The van der Waals surface area contributed by atoms with Gasteiger partial charge in [-0.3, -0.25) is 14.8 Å². The number of ether oxygens (including phenoxy) is 1. The van der Waals surface area contributed by atoms with Gasteiger partial charge >= 0.3 is 0 Å². The molecule has 0 unspecified atom stereocenters. The molecular weight excluding hydrogens is 480 g/mol. The average Bonchev–Trinajstić information content (AvgIpc) is 3.60. The summed E-state index contributed by atoms with van der Waals surface area (Å²) >= 11 is 2.98. The van der Waals surface area contributed by atoms with Crippen molar-refractivity contribution in [2.75, 3.05) is 36.5 Å². The van der Waals surface area contributed by atoms with Gasteiger partial charge in [-0.2, -0.15) is 0 Å². The molecule has 0 atom stereocenters. The van der Waals surface area contributed by atoms with E-state index < -0.39 is 0 Å². The number of thiophene rings is 1. The molecule has 10 heteroatoms. The molecule has 1 amide bonds. The summed E-state index contributed by atoms with van der Waals surface area (Å²) in [5, 5.41) is 2.94. The molecule has 6 rings (SSSR count). The van der Waals surface area contributed by atoms with Crippen LogP contribution in [0.25, 0.3) is 32.0 Å². The number of hydrogen-bond donors (Lipinski definition) is 1. The van der Waals surface area contributed by atoms with Crippen molar-refractivity contribution < 1.29 is 9.53 Å². The summed E-state index contributed by atoms with van der Waals surface area (Å²) in [6.07, 6.45) is 5.20. The zero-order valence-corrected chi connectivity index (χ0v) is 20.2. The third kappa shape index (κ3) is 4.51. The van der Waals surface area contributed by atoms with Gasteiger partial charge in [-0.05, 0) is 24.3 Å². The van der Waals surface area contributed by atoms with E-state index in [0.29, 0.717) is 29.6 Å². The van der Waals surface area contributed by atoms with Crippen LogP contribution < -0.4 is 10.2 Å². The number of morpholine rings is 1. The second kappa shape index (κ2) is 9.49. The molecule has 8 nitrogen and oxygen atoms in total. The van der Waals surface area contributed by atoms with Gasteiger partial charge in [0, 0.05) is 47.2 Å². The van der Waals surface area contributed by atoms with Gasteiger partial charge in [-0.1, -0.05) is 18.2 Å². The lowest BCUT2D eigenvalue weighted by atomic mass is 10.1. The number of amides is 1. The molecule has 5 heterocycles. The maximum Gasteiger partial charge on any atom is 0.267 e. The number of benzene rings is 1. The third-order valence-corrected chi connectivity index (χ3v) is 7.59. The molecule has 35 heavy (non-hydrogen) atoms. The molecular formula is C25H20N6O2S2. The number of nitrogens with zero attached hydrogens (tertiary/aromatic N) is 5. The van der Waals surface area contributed by atoms with E-state index >= 15 is 0 Å². The quantitative estimate of drug-likeness (QED) is 0.364. The lowest BCUT2D eigenvalue weighted by molar-refractivity contribution is 0.103. The first-order chi connectivity index (χ1) is 17.2. The van der Waals surface area contributed by atoms with Crippen LogP contribution in [0, 0.1) is 0 Å². The highest BCUT2D eigenvalue weighted by atomic mass is 32.1. The normalized spacial score (nSPS) is 13.8. The number of carbonyl (C=O) groups is 1. The molecule has 1 N–H and O–H groups in total. The number of anilines is 2. The molecule has 1 aliphatic heterocycles. The maximum atomic E-state index is 12.5. The van der Waals surface area contributed by atoms with Crippen LogP contribution in [0.5, 0.6) is 0 Å². The van der Waals surface area contributed by atoms with Crippen molar-refractivity contribution in [3.8, 4) is 21.8 Å². The maximum absolute atomic E-state index is 12.5. The van der Waals surface area contributed by atoms with Crippen molar-refractivity contribution in [1.29, 1.82) is 0 Å². The smallest absolute Gasteiger partial charge is 0.267 e. The molecule has 4 aromatic heterocycles. The Balaban J connectivity index is 1.41. The number of carbonyl (C=O) groups excluding carboxylic acids is 1. The summed E-state index contributed by atoms with van der Waals surface area (Å²) < 4.78 is 6.62. The van der Waals surface area contributed by atoms with Crippen molar-refractivity contribution in [2.24, 2.45) is 0 Å². The van der Waals surface area contributed by atoms with Gasteiger partial charge in [-0.25, -0.2) is 9.97 Å². The lowest BCUT2D eigenvalue weighted by Gasteiger charge is -2.28. The highest BCUT2D eigenvalue weighted by molar-refractivity contribution is 7.22. The third-order valence-electron chi connectivity index (χ3n) is 5.65. The minimum absolute atomic E-state index is 0.186. The van der Waals surface area contributed by atoms with E-state index in [2.05, 4.69) is 32.3 Å². The summed E-state index contributed by atoms with van der Waals surface area (Å²) in [6, 6.07) is 13.7. The second-order valence-electron chi connectivity index (χ2n) is 7.94. The summed E-state index contributed by atoms with van der Waals surface area (Å²) in [5.41, 5.74) is 5.09. The first-order valence-corrected chi connectivity index (χ1v) is 12.8. The van der Waals surface area contributed by atoms with Crippen LogP contribution in [-0.2, 0) is 4.74 Å². The van der Waals surface area contributed by atoms with Crippen molar-refractivity contribution in [3.05, 3.63) is 71.4 Å². The predicted octanol–water partition coefficient (Wildman–Crippen LogP) is 4.97. The molecule has 0 bridgehead atoms. The van der Waals surface area contributed by atoms with E-state index in [0.717, 1.165) is 45.1 Å². The van der Waals surface area contributed by atoms with Crippen molar-refractivity contribution in [2.45, 2.75) is 0 Å². The molecule has 1 aliphatic rings. The van der Waals surface area contributed by atoms with Gasteiger partial charge in [0.15, 0.2) is 11.6 Å². The Morgan fingerprint density at radius 3 is 2.69 bits per heavy atom. The number of pyridine rings is 1. The Labute approximate surface area is 209 Å². The number of aromatic nitrogens is 4. The Hall–Kier alpha value is -3.73. The number of fused-ring (bicyclic) bond motifs is 1. The molecule has 174 valence electrons. The molecule has 1 aromatic carbocycles. The van der Waals surface area contributed by atoms with Gasteiger partial charge in [0.25, 0.3) is 5.91 Å². The van der Waals surface area contributed by atoms with Gasteiger partial charge < -0.3 is 15.0 Å². The van der Waals surface area contributed by atoms with Gasteiger partial charge in [0.1, 0.15) is 4.88 Å². The zero-order chi connectivity index (χ0) is 23.6. The van der Waals surface area contributed by atoms with Crippen LogP contribution in [0.4, 0.5) is 11.5 Å². The van der Waals surface area contributed by atoms with Crippen LogP contribution >= 0.6 is 22.7 Å². The molecule has 5 aromatic rings. The molecule has 0 spiro atoms. The molecule has 0 radical (unpaired) electrons. The molecule has 1 saturated heterocycles. The Bertz CT molecular complexity index is 1480. The van der Waals surface area contributed by atoms with E-state index in [9.17, 15) is 4.79 Å². The van der Waals surface area contributed by atoms with Crippen molar-refractivity contribution in [1.82, 2.24) is 19.9 Å². The molecule has 0 saturated carbocycles. The number of rotatable bonds is 5. The Morgan fingerprint density at radius 1 is 1.00 bits per heavy atom. The summed E-state index contributed by atoms with van der Waals surface area (Å²) in [6.45, 7) is 2.88. The average molecular weight is 501 g/mol. The number of hydrogen-bond acceptors (Lipinski definition) is 9. The van der Waals surface area contributed by atoms with E-state index in [4.69, 9.17) is 14.7 Å². The van der Waals surface area contributed by atoms with E-state index in [1.54, 1.807) is 29.2 Å². The fourth-order valence-electron chi connectivity index (χ4n) is 3.94. The van der Waals surface area contributed by atoms with Crippen molar-refractivity contribution in [3.63, 3.8) is 0 Å². The topological polar surface area (TPSA) is 93.1 Å². The first kappa shape index (κ1) is 21.8. The minimum Gasteiger partial charge on any atom is -0.378 e. The van der Waals surface area contributed by atoms with Crippen LogP contribution in [0.2, 0.25) is 0 Å². The van der Waals surface area contributed by atoms with Gasteiger partial charge in [-0.15, -0.1) is 22.7 Å². The highest BCUT2D eigenvalue weighted by Crippen LogP contribution is 2.38. The van der Waals surface area contributed by atoms with Crippen LogP contribution in [-0.4, -0.2) is 52.1 Å². The minimum atomic E-state index is -0.186. The standard InChI is InChI=1S/C25H20N6O2S2/c32-25(21-14-27-15-34-21)28-18-5-1-3-16(11-18)23-29-19-12-20(17-4-2-6-26-13-17)35-22(19)24(30-23)31-7-9-33-10-8-31/h1-6,11-15H,7-10H2,(H,28,32). The van der Waals surface area contributed by atoms with Crippen LogP contribution in [0.1, 0.15) is 9.67 Å². The van der Waals surface area contributed by atoms with E-state index in [1.165, 1.54) is 11.3 Å². The van der Waals surface area contributed by atoms with Gasteiger partial charge in [0.2, 0.25) is 0 Å². The molecule has 0 aliphatic carbocycles. The monoisotopic (exact) mass is 500 g/mol. The van der Waals surface area contributed by atoms with Gasteiger partial charge in [0.05, 0.1) is 35.1 Å². The van der Waals surface area contributed by atoms with Crippen molar-refractivity contribution >= 4 is 50.3 Å². The van der Waals surface area contributed by atoms with E-state index in [-0.39, 0.29) is 5.91 Å².